The molecule has 14 heavy (non-hydrogen) atoms. The van der Waals surface area contributed by atoms with Crippen molar-refractivity contribution < 1.29 is 0 Å². The third-order valence-corrected chi connectivity index (χ3v) is 4.29. The van der Waals surface area contributed by atoms with Crippen molar-refractivity contribution in [2.24, 2.45) is 7.05 Å². The summed E-state index contributed by atoms with van der Waals surface area (Å²) in [6.07, 6.45) is 3.75. The molecule has 0 bridgehead atoms. The fourth-order valence-corrected chi connectivity index (χ4v) is 3.88. The van der Waals surface area contributed by atoms with Crippen molar-refractivity contribution in [1.82, 2.24) is 15.1 Å². The van der Waals surface area contributed by atoms with Crippen molar-refractivity contribution in [2.45, 2.75) is 24.7 Å². The number of fused-ring (bicyclic) bond motifs is 2. The molecule has 4 heteroatoms. The quantitative estimate of drug-likeness (QED) is 0.759. The first kappa shape index (κ1) is 8.92. The van der Waals surface area contributed by atoms with Gasteiger partial charge >= 0.3 is 0 Å². The van der Waals surface area contributed by atoms with E-state index in [9.17, 15) is 0 Å². The maximum atomic E-state index is 4.46. The zero-order valence-corrected chi connectivity index (χ0v) is 9.89. The molecule has 2 heterocycles. The van der Waals surface area contributed by atoms with Gasteiger partial charge in [-0.15, -0.1) is 0 Å². The Labute approximate surface area is 92.0 Å². The Balaban J connectivity index is 2.16. The van der Waals surface area contributed by atoms with E-state index in [2.05, 4.69) is 26.3 Å². The van der Waals surface area contributed by atoms with Crippen LogP contribution in [-0.4, -0.2) is 22.9 Å². The summed E-state index contributed by atoms with van der Waals surface area (Å²) in [5.41, 5.74) is 3.30. The van der Waals surface area contributed by atoms with E-state index < -0.39 is 0 Å². The highest BCUT2D eigenvalue weighted by atomic mass is 79.9. The van der Waals surface area contributed by atoms with Gasteiger partial charge in [0.25, 0.3) is 0 Å². The lowest BCUT2D eigenvalue weighted by atomic mass is 9.82. The summed E-state index contributed by atoms with van der Waals surface area (Å²) in [7, 11) is 2.05. The van der Waals surface area contributed by atoms with E-state index in [1.54, 1.807) is 0 Å². The van der Waals surface area contributed by atoms with Gasteiger partial charge in [0, 0.05) is 30.3 Å². The molecule has 0 amide bonds. The van der Waals surface area contributed by atoms with Crippen molar-refractivity contribution in [3.8, 4) is 0 Å². The fourth-order valence-electron chi connectivity index (χ4n) is 2.99. The van der Waals surface area contributed by atoms with Gasteiger partial charge in [-0.1, -0.05) is 0 Å². The monoisotopic (exact) mass is 255 g/mol. The first-order valence-corrected chi connectivity index (χ1v) is 5.95. The lowest BCUT2D eigenvalue weighted by molar-refractivity contribution is 0.463. The second kappa shape index (κ2) is 2.83. The normalized spacial score (nSPS) is 30.1. The zero-order chi connectivity index (χ0) is 9.76. The summed E-state index contributed by atoms with van der Waals surface area (Å²) >= 11 is 3.59. The summed E-state index contributed by atoms with van der Waals surface area (Å²) in [5.74, 6) is 0. The van der Waals surface area contributed by atoms with Crippen molar-refractivity contribution in [2.75, 3.05) is 13.1 Å². The maximum absolute atomic E-state index is 4.46. The topological polar surface area (TPSA) is 29.9 Å². The Hall–Kier alpha value is -0.350. The van der Waals surface area contributed by atoms with Crippen molar-refractivity contribution in [3.63, 3.8) is 0 Å². The summed E-state index contributed by atoms with van der Waals surface area (Å²) in [6.45, 7) is 2.28. The average molecular weight is 256 g/mol. The Morgan fingerprint density at radius 1 is 1.50 bits per heavy atom. The van der Waals surface area contributed by atoms with E-state index in [1.807, 2.05) is 11.7 Å². The minimum absolute atomic E-state index is 0.391. The summed E-state index contributed by atoms with van der Waals surface area (Å²) in [5, 5.41) is 7.93. The van der Waals surface area contributed by atoms with Crippen LogP contribution in [0.2, 0.25) is 0 Å². The summed E-state index contributed by atoms with van der Waals surface area (Å²) in [6, 6.07) is 0. The molecule has 0 radical (unpaired) electrons. The molecule has 1 unspecified atom stereocenters. The van der Waals surface area contributed by atoms with E-state index in [0.29, 0.717) is 5.41 Å². The molecule has 1 aliphatic heterocycles. The molecule has 3 rings (SSSR count). The molecule has 1 aromatic heterocycles. The van der Waals surface area contributed by atoms with Crippen LogP contribution in [0.4, 0.5) is 0 Å². The van der Waals surface area contributed by atoms with Crippen LogP contribution in [0.15, 0.2) is 4.60 Å². The van der Waals surface area contributed by atoms with E-state index in [0.717, 1.165) is 17.7 Å². The number of nitrogens with one attached hydrogen (secondary N) is 1. The highest BCUT2D eigenvalue weighted by Crippen LogP contribution is 2.46. The number of aromatic nitrogens is 2. The Bertz CT molecular complexity index is 377. The smallest absolute Gasteiger partial charge is 0.132 e. The second-order valence-electron chi connectivity index (χ2n) is 4.44. The number of nitrogens with zero attached hydrogens (tertiary/aromatic N) is 2. The summed E-state index contributed by atoms with van der Waals surface area (Å²) < 4.78 is 3.10. The van der Waals surface area contributed by atoms with Gasteiger partial charge < -0.3 is 5.32 Å². The minimum Gasteiger partial charge on any atom is -0.316 e. The SMILES string of the molecule is Cn1nc(Br)c2c1CCC21CCNC1. The molecule has 1 saturated heterocycles. The van der Waals surface area contributed by atoms with Gasteiger partial charge in [0.1, 0.15) is 4.60 Å². The number of hydrogen-bond acceptors (Lipinski definition) is 2. The van der Waals surface area contributed by atoms with E-state index in [1.165, 1.54) is 30.5 Å². The van der Waals surface area contributed by atoms with Crippen LogP contribution in [0.1, 0.15) is 24.1 Å². The molecule has 1 aliphatic carbocycles. The van der Waals surface area contributed by atoms with Crippen molar-refractivity contribution in [1.29, 1.82) is 0 Å². The van der Waals surface area contributed by atoms with Crippen LogP contribution in [0, 0.1) is 0 Å². The predicted molar refractivity (Wildman–Crippen MR) is 58.4 cm³/mol. The molecule has 1 spiro atoms. The van der Waals surface area contributed by atoms with E-state index in [4.69, 9.17) is 0 Å². The average Bonchev–Trinajstić information content (AvgIpc) is 2.79. The molecular formula is C10H14BrN3. The minimum atomic E-state index is 0.391. The number of hydrogen-bond donors (Lipinski definition) is 1. The maximum Gasteiger partial charge on any atom is 0.132 e. The first-order chi connectivity index (χ1) is 6.73. The van der Waals surface area contributed by atoms with Gasteiger partial charge in [0.15, 0.2) is 0 Å². The second-order valence-corrected chi connectivity index (χ2v) is 5.19. The molecule has 0 saturated carbocycles. The van der Waals surface area contributed by atoms with Gasteiger partial charge in [-0.2, -0.15) is 5.10 Å². The van der Waals surface area contributed by atoms with Crippen LogP contribution in [-0.2, 0) is 18.9 Å². The molecule has 2 aliphatic rings. The van der Waals surface area contributed by atoms with Gasteiger partial charge in [-0.05, 0) is 41.7 Å². The molecule has 1 fully saturated rings. The van der Waals surface area contributed by atoms with Crippen molar-refractivity contribution in [3.05, 3.63) is 15.9 Å². The largest absolute Gasteiger partial charge is 0.316 e. The van der Waals surface area contributed by atoms with Crippen LogP contribution < -0.4 is 5.32 Å². The highest BCUT2D eigenvalue weighted by Gasteiger charge is 2.44. The van der Waals surface area contributed by atoms with Crippen LogP contribution in [0.5, 0.6) is 0 Å². The first-order valence-electron chi connectivity index (χ1n) is 5.15. The molecule has 3 nitrogen and oxygen atoms in total. The number of aryl methyl sites for hydroxylation is 1. The fraction of sp³-hybridized carbons (Fsp3) is 0.700. The van der Waals surface area contributed by atoms with Gasteiger partial charge in [0.2, 0.25) is 0 Å². The lowest BCUT2D eigenvalue weighted by Crippen LogP contribution is -2.25. The molecular weight excluding hydrogens is 242 g/mol. The standard InChI is InChI=1S/C10H14BrN3/c1-14-7-2-3-10(4-5-12-6-10)8(7)9(11)13-14/h12H,2-6H2,1H3. The molecule has 1 aromatic rings. The third kappa shape index (κ3) is 0.984. The Kier molecular flexibility index (Phi) is 1.80. The van der Waals surface area contributed by atoms with Gasteiger partial charge in [-0.3, -0.25) is 4.68 Å². The summed E-state index contributed by atoms with van der Waals surface area (Å²) in [4.78, 5) is 0. The zero-order valence-electron chi connectivity index (χ0n) is 8.31. The third-order valence-electron chi connectivity index (χ3n) is 3.74. The Morgan fingerprint density at radius 3 is 3.07 bits per heavy atom. The number of rotatable bonds is 0. The molecule has 76 valence electrons. The molecule has 1 atom stereocenters. The molecule has 1 N–H and O–H groups in total. The van der Waals surface area contributed by atoms with Crippen LogP contribution in [0.3, 0.4) is 0 Å². The molecule has 0 aromatic carbocycles. The van der Waals surface area contributed by atoms with Crippen molar-refractivity contribution >= 4 is 15.9 Å². The van der Waals surface area contributed by atoms with Gasteiger partial charge in [0.05, 0.1) is 0 Å². The Morgan fingerprint density at radius 2 is 2.36 bits per heavy atom. The van der Waals surface area contributed by atoms with E-state index in [-0.39, 0.29) is 0 Å². The highest BCUT2D eigenvalue weighted by molar-refractivity contribution is 9.10. The van der Waals surface area contributed by atoms with Crippen LogP contribution >= 0.6 is 15.9 Å². The van der Waals surface area contributed by atoms with Crippen LogP contribution in [0.25, 0.3) is 0 Å². The van der Waals surface area contributed by atoms with Gasteiger partial charge in [-0.25, -0.2) is 0 Å². The number of halogens is 1. The lowest BCUT2D eigenvalue weighted by Gasteiger charge is -2.21. The van der Waals surface area contributed by atoms with E-state index >= 15 is 0 Å². The predicted octanol–water partition coefficient (Wildman–Crippen LogP) is 1.36.